The fourth-order valence-corrected chi connectivity index (χ4v) is 2.45. The first-order valence-electron chi connectivity index (χ1n) is 8.28. The molecule has 0 radical (unpaired) electrons. The van der Waals surface area contributed by atoms with Gasteiger partial charge in [-0.2, -0.15) is 4.39 Å². The van der Waals surface area contributed by atoms with Crippen molar-refractivity contribution in [1.29, 1.82) is 0 Å². The summed E-state index contributed by atoms with van der Waals surface area (Å²) in [5, 5.41) is 14.4. The maximum Gasteiger partial charge on any atom is 0.512 e. The molecule has 1 aromatic heterocycles. The second-order valence-corrected chi connectivity index (χ2v) is 5.62. The van der Waals surface area contributed by atoms with Crippen molar-refractivity contribution in [3.05, 3.63) is 11.5 Å². The van der Waals surface area contributed by atoms with Gasteiger partial charge in [-0.3, -0.25) is 5.10 Å². The third-order valence-corrected chi connectivity index (χ3v) is 3.71. The Morgan fingerprint density at radius 2 is 1.64 bits per heavy atom. The second-order valence-electron chi connectivity index (χ2n) is 5.62. The third kappa shape index (κ3) is 7.43. The van der Waals surface area contributed by atoms with E-state index in [9.17, 15) is 9.18 Å². The first kappa shape index (κ1) is 18.5. The molecule has 0 aromatic carbocycles. The van der Waals surface area contributed by atoms with Crippen molar-refractivity contribution in [2.24, 2.45) is 0 Å². The molecule has 0 aliphatic carbocycles. The Kier molecular flexibility index (Phi) is 9.26. The normalized spacial score (nSPS) is 10.8. The highest BCUT2D eigenvalue weighted by Gasteiger charge is 2.16. The molecule has 0 amide bonds. The van der Waals surface area contributed by atoms with Crippen molar-refractivity contribution in [3.8, 4) is 5.88 Å². The molecule has 0 unspecified atom stereocenters. The van der Waals surface area contributed by atoms with E-state index in [4.69, 9.17) is 5.11 Å². The number of nitrogens with zero attached hydrogens (tertiary/aromatic N) is 1. The van der Waals surface area contributed by atoms with Gasteiger partial charge in [0.2, 0.25) is 5.82 Å². The zero-order valence-electron chi connectivity index (χ0n) is 13.4. The Balaban J connectivity index is 2.05. The number of rotatable bonds is 12. The first-order chi connectivity index (χ1) is 10.6. The van der Waals surface area contributed by atoms with Crippen LogP contribution in [-0.4, -0.2) is 21.5 Å². The highest BCUT2D eigenvalue weighted by Crippen LogP contribution is 2.19. The van der Waals surface area contributed by atoms with Gasteiger partial charge in [0.05, 0.1) is 5.69 Å². The number of halogens is 1. The van der Waals surface area contributed by atoms with Crippen molar-refractivity contribution in [2.45, 2.75) is 77.6 Å². The van der Waals surface area contributed by atoms with Crippen LogP contribution in [0.4, 0.5) is 9.18 Å². The van der Waals surface area contributed by atoms with Crippen LogP contribution in [0.25, 0.3) is 0 Å². The molecule has 6 heteroatoms. The predicted octanol–water partition coefficient (Wildman–Crippen LogP) is 5.07. The number of aromatic nitrogens is 2. The van der Waals surface area contributed by atoms with Crippen LogP contribution in [0.15, 0.2) is 0 Å². The van der Waals surface area contributed by atoms with Crippen LogP contribution in [0.3, 0.4) is 0 Å². The number of carbonyl (C=O) groups is 1. The molecule has 1 rings (SSSR count). The van der Waals surface area contributed by atoms with E-state index >= 15 is 0 Å². The predicted molar refractivity (Wildman–Crippen MR) is 82.7 cm³/mol. The van der Waals surface area contributed by atoms with Crippen LogP contribution >= 0.6 is 0 Å². The lowest BCUT2D eigenvalue weighted by molar-refractivity contribution is 0.140. The number of ether oxygens (including phenoxy) is 1. The van der Waals surface area contributed by atoms with Gasteiger partial charge in [0.25, 0.3) is 5.88 Å². The Morgan fingerprint density at radius 3 is 2.18 bits per heavy atom. The molecular weight excluding hydrogens is 287 g/mol. The van der Waals surface area contributed by atoms with E-state index in [1.54, 1.807) is 0 Å². The Morgan fingerprint density at radius 1 is 1.09 bits per heavy atom. The molecule has 1 aromatic rings. The quantitative estimate of drug-likeness (QED) is 0.417. The molecule has 0 saturated heterocycles. The minimum absolute atomic E-state index is 0.316. The number of H-pyrrole nitrogens is 1. The Hall–Kier alpha value is -1.59. The first-order valence-corrected chi connectivity index (χ1v) is 8.28. The highest BCUT2D eigenvalue weighted by molar-refractivity contribution is 5.60. The van der Waals surface area contributed by atoms with Gasteiger partial charge in [-0.1, -0.05) is 64.7 Å². The summed E-state index contributed by atoms with van der Waals surface area (Å²) >= 11 is 0. The molecule has 22 heavy (non-hydrogen) atoms. The maximum absolute atomic E-state index is 13.7. The van der Waals surface area contributed by atoms with Gasteiger partial charge in [-0.25, -0.2) is 4.79 Å². The van der Waals surface area contributed by atoms with E-state index in [2.05, 4.69) is 21.9 Å². The molecule has 5 nitrogen and oxygen atoms in total. The molecule has 0 fully saturated rings. The largest absolute Gasteiger partial charge is 0.512 e. The zero-order valence-corrected chi connectivity index (χ0v) is 13.4. The van der Waals surface area contributed by atoms with E-state index < -0.39 is 17.9 Å². The highest BCUT2D eigenvalue weighted by atomic mass is 19.1. The number of nitrogens with one attached hydrogen (secondary N) is 1. The number of hydrogen-bond acceptors (Lipinski definition) is 3. The van der Waals surface area contributed by atoms with Crippen LogP contribution in [0, 0.1) is 5.82 Å². The van der Waals surface area contributed by atoms with Crippen molar-refractivity contribution in [2.75, 3.05) is 0 Å². The molecule has 0 saturated carbocycles. The summed E-state index contributed by atoms with van der Waals surface area (Å²) in [7, 11) is 0. The average Bonchev–Trinajstić information content (AvgIpc) is 2.81. The van der Waals surface area contributed by atoms with Gasteiger partial charge in [-0.15, -0.1) is 5.10 Å². The van der Waals surface area contributed by atoms with E-state index in [0.717, 1.165) is 19.3 Å². The number of carboxylic acid groups (broad SMARTS) is 1. The van der Waals surface area contributed by atoms with Gasteiger partial charge >= 0.3 is 6.16 Å². The number of aromatic amines is 1. The Labute approximate surface area is 131 Å². The Bertz CT molecular complexity index is 435. The minimum Gasteiger partial charge on any atom is -0.449 e. The van der Waals surface area contributed by atoms with E-state index in [0.29, 0.717) is 12.1 Å². The zero-order chi connectivity index (χ0) is 16.2. The molecule has 0 spiro atoms. The molecule has 0 atom stereocenters. The molecule has 126 valence electrons. The summed E-state index contributed by atoms with van der Waals surface area (Å²) in [5.41, 5.74) is 0.316. The smallest absolute Gasteiger partial charge is 0.449 e. The molecule has 1 heterocycles. The van der Waals surface area contributed by atoms with Crippen LogP contribution in [-0.2, 0) is 6.42 Å². The van der Waals surface area contributed by atoms with Crippen LogP contribution in [0.2, 0.25) is 0 Å². The summed E-state index contributed by atoms with van der Waals surface area (Å²) in [4.78, 5) is 10.3. The lowest BCUT2D eigenvalue weighted by Crippen LogP contribution is -2.04. The summed E-state index contributed by atoms with van der Waals surface area (Å²) in [6, 6.07) is 0. The van der Waals surface area contributed by atoms with Crippen molar-refractivity contribution in [3.63, 3.8) is 0 Å². The van der Waals surface area contributed by atoms with Crippen molar-refractivity contribution in [1.82, 2.24) is 10.2 Å². The monoisotopic (exact) mass is 314 g/mol. The fourth-order valence-electron chi connectivity index (χ4n) is 2.45. The average molecular weight is 314 g/mol. The summed E-state index contributed by atoms with van der Waals surface area (Å²) in [5.74, 6) is -1.19. The maximum atomic E-state index is 13.7. The lowest BCUT2D eigenvalue weighted by atomic mass is 10.1. The summed E-state index contributed by atoms with van der Waals surface area (Å²) < 4.78 is 17.9. The molecule has 0 aliphatic heterocycles. The second kappa shape index (κ2) is 11.0. The number of aryl methyl sites for hydroxylation is 1. The van der Waals surface area contributed by atoms with Gasteiger partial charge in [0.1, 0.15) is 0 Å². The van der Waals surface area contributed by atoms with Crippen molar-refractivity contribution < 1.29 is 19.0 Å². The van der Waals surface area contributed by atoms with E-state index in [1.807, 2.05) is 0 Å². The van der Waals surface area contributed by atoms with E-state index in [-0.39, 0.29) is 0 Å². The molecule has 0 aliphatic rings. The fraction of sp³-hybridized carbons (Fsp3) is 0.750. The molecule has 0 bridgehead atoms. The third-order valence-electron chi connectivity index (χ3n) is 3.71. The number of unbranched alkanes of at least 4 members (excludes halogenated alkanes) is 9. The summed E-state index contributed by atoms with van der Waals surface area (Å²) in [6.45, 7) is 2.22. The number of hydrogen-bond donors (Lipinski definition) is 2. The van der Waals surface area contributed by atoms with Gasteiger partial charge in [-0.05, 0) is 12.8 Å². The van der Waals surface area contributed by atoms with Gasteiger partial charge < -0.3 is 9.84 Å². The lowest BCUT2D eigenvalue weighted by Gasteiger charge is -2.02. The van der Waals surface area contributed by atoms with Crippen molar-refractivity contribution >= 4 is 6.16 Å². The van der Waals surface area contributed by atoms with E-state index in [1.165, 1.54) is 44.9 Å². The van der Waals surface area contributed by atoms with Crippen LogP contribution < -0.4 is 4.74 Å². The molecule has 2 N–H and O–H groups in total. The van der Waals surface area contributed by atoms with Crippen LogP contribution in [0.5, 0.6) is 5.88 Å². The SMILES string of the molecule is CCCCCCCCCCCCc1[nH]nc(OC(=O)O)c1F. The van der Waals surface area contributed by atoms with Gasteiger partial charge in [0, 0.05) is 0 Å². The summed E-state index contributed by atoms with van der Waals surface area (Å²) in [6.07, 6.45) is 11.1. The topological polar surface area (TPSA) is 75.2 Å². The van der Waals surface area contributed by atoms with Crippen LogP contribution in [0.1, 0.15) is 76.8 Å². The minimum atomic E-state index is -1.56. The van der Waals surface area contributed by atoms with Gasteiger partial charge in [0.15, 0.2) is 0 Å². The molecular formula is C16H27FN2O3. The standard InChI is InChI=1S/C16H27FN2O3/c1-2-3-4-5-6-7-8-9-10-11-12-13-14(17)15(19-18-13)22-16(20)21/h2-12H2,1H3,(H,18,19)(H,20,21).